The minimum Gasteiger partial charge on any atom is -0.493 e. The first-order valence-corrected chi connectivity index (χ1v) is 6.81. The average molecular weight is 308 g/mol. The van der Waals surface area contributed by atoms with Gasteiger partial charge in [-0.3, -0.25) is 0 Å². The lowest BCUT2D eigenvalue weighted by Crippen LogP contribution is -2.00. The number of nitrogens with zero attached hydrogens (tertiary/aromatic N) is 1. The van der Waals surface area contributed by atoms with Gasteiger partial charge in [0, 0.05) is 15.8 Å². The summed E-state index contributed by atoms with van der Waals surface area (Å²) in [5.41, 5.74) is 0.621. The predicted molar refractivity (Wildman–Crippen MR) is 72.4 cm³/mol. The summed E-state index contributed by atoms with van der Waals surface area (Å²) in [6, 6.07) is 11.6. The first kappa shape index (κ1) is 12.2. The summed E-state index contributed by atoms with van der Waals surface area (Å²) in [4.78, 5) is 1.32. The van der Waals surface area contributed by atoms with Crippen LogP contribution in [0.25, 0.3) is 0 Å². The standard InChI is InChI=1S/C13H10BrNOS/c14-13-8-11(4-3-10(13)9-15)16-6-5-12-2-1-7-17-12/h1-4,7-8H,5-6H2. The molecular weight excluding hydrogens is 298 g/mol. The van der Waals surface area contributed by atoms with Crippen molar-refractivity contribution in [2.45, 2.75) is 6.42 Å². The van der Waals surface area contributed by atoms with Gasteiger partial charge in [0.1, 0.15) is 11.8 Å². The molecule has 0 aliphatic rings. The normalized spacial score (nSPS) is 9.88. The summed E-state index contributed by atoms with van der Waals surface area (Å²) >= 11 is 5.07. The molecular formula is C13H10BrNOS. The molecule has 0 atom stereocenters. The van der Waals surface area contributed by atoms with Gasteiger partial charge in [-0.1, -0.05) is 6.07 Å². The second-order valence-electron chi connectivity index (χ2n) is 3.43. The van der Waals surface area contributed by atoms with Crippen LogP contribution in [0.5, 0.6) is 5.75 Å². The van der Waals surface area contributed by atoms with Crippen LogP contribution >= 0.6 is 27.3 Å². The van der Waals surface area contributed by atoms with Crippen molar-refractivity contribution < 1.29 is 4.74 Å². The molecule has 1 aromatic carbocycles. The lowest BCUT2D eigenvalue weighted by atomic mass is 10.2. The Labute approximate surface area is 113 Å². The summed E-state index contributed by atoms with van der Waals surface area (Å²) in [7, 11) is 0. The molecule has 0 spiro atoms. The van der Waals surface area contributed by atoms with Crippen molar-refractivity contribution in [1.29, 1.82) is 5.26 Å². The molecule has 0 amide bonds. The molecule has 0 aliphatic heterocycles. The minimum absolute atomic E-state index is 0.621. The zero-order chi connectivity index (χ0) is 12.1. The monoisotopic (exact) mass is 307 g/mol. The quantitative estimate of drug-likeness (QED) is 0.855. The van der Waals surface area contributed by atoms with Crippen LogP contribution in [0.4, 0.5) is 0 Å². The van der Waals surface area contributed by atoms with Crippen molar-refractivity contribution in [3.8, 4) is 11.8 Å². The fourth-order valence-corrected chi connectivity index (χ4v) is 2.54. The topological polar surface area (TPSA) is 33.0 Å². The molecule has 0 aliphatic carbocycles. The van der Waals surface area contributed by atoms with E-state index in [0.717, 1.165) is 16.6 Å². The van der Waals surface area contributed by atoms with E-state index in [2.05, 4.69) is 33.4 Å². The first-order valence-electron chi connectivity index (χ1n) is 5.14. The molecule has 1 aromatic heterocycles. The molecule has 2 nitrogen and oxygen atoms in total. The van der Waals surface area contributed by atoms with E-state index in [9.17, 15) is 0 Å². The van der Waals surface area contributed by atoms with Crippen molar-refractivity contribution >= 4 is 27.3 Å². The highest BCUT2D eigenvalue weighted by molar-refractivity contribution is 9.10. The Morgan fingerprint density at radius 1 is 1.35 bits per heavy atom. The van der Waals surface area contributed by atoms with Gasteiger partial charge in [-0.15, -0.1) is 11.3 Å². The number of benzene rings is 1. The van der Waals surface area contributed by atoms with Gasteiger partial charge in [0.15, 0.2) is 0 Å². The van der Waals surface area contributed by atoms with E-state index in [1.807, 2.05) is 18.2 Å². The maximum Gasteiger partial charge on any atom is 0.120 e. The largest absolute Gasteiger partial charge is 0.493 e. The molecule has 1 heterocycles. The molecule has 0 saturated carbocycles. The Morgan fingerprint density at radius 2 is 2.24 bits per heavy atom. The first-order chi connectivity index (χ1) is 8.29. The summed E-state index contributed by atoms with van der Waals surface area (Å²) in [6.07, 6.45) is 0.912. The number of nitriles is 1. The minimum atomic E-state index is 0.621. The SMILES string of the molecule is N#Cc1ccc(OCCc2cccs2)cc1Br. The predicted octanol–water partition coefficient (Wildman–Crippen LogP) is 4.00. The van der Waals surface area contributed by atoms with E-state index >= 15 is 0 Å². The third-order valence-electron chi connectivity index (χ3n) is 2.26. The molecule has 0 N–H and O–H groups in total. The number of hydrogen-bond donors (Lipinski definition) is 0. The van der Waals surface area contributed by atoms with Crippen molar-refractivity contribution in [2.24, 2.45) is 0 Å². The van der Waals surface area contributed by atoms with E-state index in [0.29, 0.717) is 12.2 Å². The number of halogens is 1. The molecule has 0 saturated heterocycles. The highest BCUT2D eigenvalue weighted by Crippen LogP contribution is 2.22. The van der Waals surface area contributed by atoms with Crippen LogP contribution < -0.4 is 4.74 Å². The summed E-state index contributed by atoms with van der Waals surface area (Å²) in [6.45, 7) is 0.652. The smallest absolute Gasteiger partial charge is 0.120 e. The molecule has 0 fully saturated rings. The fraction of sp³-hybridized carbons (Fsp3) is 0.154. The van der Waals surface area contributed by atoms with Gasteiger partial charge in [-0.2, -0.15) is 5.26 Å². The Kier molecular flexibility index (Phi) is 4.18. The summed E-state index contributed by atoms with van der Waals surface area (Å²) in [5, 5.41) is 10.9. The number of hydrogen-bond acceptors (Lipinski definition) is 3. The molecule has 0 radical (unpaired) electrons. The van der Waals surface area contributed by atoms with Crippen LogP contribution in [0.3, 0.4) is 0 Å². The Hall–Kier alpha value is -1.31. The van der Waals surface area contributed by atoms with Crippen molar-refractivity contribution in [3.05, 3.63) is 50.6 Å². The Morgan fingerprint density at radius 3 is 2.88 bits per heavy atom. The number of thiophene rings is 1. The highest BCUT2D eigenvalue weighted by atomic mass is 79.9. The van der Waals surface area contributed by atoms with E-state index in [1.165, 1.54) is 4.88 Å². The van der Waals surface area contributed by atoms with Crippen LogP contribution in [0.1, 0.15) is 10.4 Å². The highest BCUT2D eigenvalue weighted by Gasteiger charge is 2.01. The fourth-order valence-electron chi connectivity index (χ4n) is 1.40. The zero-order valence-corrected chi connectivity index (χ0v) is 11.4. The lowest BCUT2D eigenvalue weighted by molar-refractivity contribution is 0.323. The van der Waals surface area contributed by atoms with E-state index in [1.54, 1.807) is 17.4 Å². The Balaban J connectivity index is 1.91. The summed E-state index contributed by atoms with van der Waals surface area (Å²) in [5.74, 6) is 0.785. The van der Waals surface area contributed by atoms with Crippen LogP contribution in [-0.4, -0.2) is 6.61 Å². The number of rotatable bonds is 4. The van der Waals surface area contributed by atoms with E-state index in [-0.39, 0.29) is 0 Å². The van der Waals surface area contributed by atoms with Gasteiger partial charge in [-0.05, 0) is 45.6 Å². The van der Waals surface area contributed by atoms with Gasteiger partial charge in [0.2, 0.25) is 0 Å². The van der Waals surface area contributed by atoms with E-state index < -0.39 is 0 Å². The second kappa shape index (κ2) is 5.85. The maximum absolute atomic E-state index is 8.79. The molecule has 2 aromatic rings. The van der Waals surface area contributed by atoms with Crippen LogP contribution in [0, 0.1) is 11.3 Å². The third kappa shape index (κ3) is 3.32. The van der Waals surface area contributed by atoms with Crippen molar-refractivity contribution in [2.75, 3.05) is 6.61 Å². The van der Waals surface area contributed by atoms with Crippen LogP contribution in [0.2, 0.25) is 0 Å². The van der Waals surface area contributed by atoms with Crippen LogP contribution in [0.15, 0.2) is 40.2 Å². The van der Waals surface area contributed by atoms with Gasteiger partial charge < -0.3 is 4.74 Å². The van der Waals surface area contributed by atoms with Crippen molar-refractivity contribution in [1.82, 2.24) is 0 Å². The third-order valence-corrected chi connectivity index (χ3v) is 3.85. The second-order valence-corrected chi connectivity index (χ2v) is 5.32. The molecule has 4 heteroatoms. The zero-order valence-electron chi connectivity index (χ0n) is 9.02. The molecule has 86 valence electrons. The maximum atomic E-state index is 8.79. The molecule has 17 heavy (non-hydrogen) atoms. The van der Waals surface area contributed by atoms with Gasteiger partial charge >= 0.3 is 0 Å². The molecule has 0 bridgehead atoms. The number of ether oxygens (including phenoxy) is 1. The molecule has 0 unspecified atom stereocenters. The van der Waals surface area contributed by atoms with Crippen LogP contribution in [-0.2, 0) is 6.42 Å². The average Bonchev–Trinajstić information content (AvgIpc) is 2.82. The van der Waals surface area contributed by atoms with Gasteiger partial charge in [0.05, 0.1) is 12.2 Å². The van der Waals surface area contributed by atoms with Gasteiger partial charge in [0.25, 0.3) is 0 Å². The van der Waals surface area contributed by atoms with Gasteiger partial charge in [-0.25, -0.2) is 0 Å². The Bertz CT molecular complexity index is 531. The van der Waals surface area contributed by atoms with Crippen molar-refractivity contribution in [3.63, 3.8) is 0 Å². The molecule has 2 rings (SSSR count). The lowest BCUT2D eigenvalue weighted by Gasteiger charge is -2.06. The summed E-state index contributed by atoms with van der Waals surface area (Å²) < 4.78 is 6.40. The van der Waals surface area contributed by atoms with E-state index in [4.69, 9.17) is 10.00 Å².